The van der Waals surface area contributed by atoms with Crippen LogP contribution in [0.5, 0.6) is 0 Å². The van der Waals surface area contributed by atoms with Crippen LogP contribution in [0.2, 0.25) is 0 Å². The minimum atomic E-state index is -0.752. The summed E-state index contributed by atoms with van der Waals surface area (Å²) in [7, 11) is 0. The molecule has 1 aromatic rings. The molecule has 1 aromatic carbocycles. The van der Waals surface area contributed by atoms with Crippen LogP contribution in [0, 0.1) is 40.7 Å². The van der Waals surface area contributed by atoms with Gasteiger partial charge in [-0.25, -0.2) is 8.78 Å². The monoisotopic (exact) mass is 473 g/mol. The summed E-state index contributed by atoms with van der Waals surface area (Å²) in [6.07, 6.45) is 17.2. The Morgan fingerprint density at radius 3 is 2.18 bits per heavy atom. The standard InChI is InChI=1S/C29H41F2NO2/c1-2-16-33-17-4-3-5-22-6-9-24(10-7-22)21-34-26-14-12-23(13-15-26)8-11-25-18-28(30)27(20-32)29(31)19-25/h2,18-19,22-24,26H,1,3-17,21H2. The molecule has 0 atom stereocenters. The molecule has 0 bridgehead atoms. The van der Waals surface area contributed by atoms with Gasteiger partial charge in [0.1, 0.15) is 23.3 Å². The summed E-state index contributed by atoms with van der Waals surface area (Å²) in [6, 6.07) is 4.20. The van der Waals surface area contributed by atoms with Crippen LogP contribution in [0.25, 0.3) is 0 Å². The highest BCUT2D eigenvalue weighted by Crippen LogP contribution is 2.34. The summed E-state index contributed by atoms with van der Waals surface area (Å²) in [5.41, 5.74) is 0.156. The van der Waals surface area contributed by atoms with Gasteiger partial charge in [-0.05, 0) is 93.2 Å². The van der Waals surface area contributed by atoms with E-state index < -0.39 is 17.2 Å². The van der Waals surface area contributed by atoms with E-state index in [4.69, 9.17) is 14.7 Å². The molecule has 188 valence electrons. The van der Waals surface area contributed by atoms with Crippen molar-refractivity contribution in [3.05, 3.63) is 47.5 Å². The van der Waals surface area contributed by atoms with Crippen molar-refractivity contribution in [2.45, 2.75) is 89.6 Å². The van der Waals surface area contributed by atoms with Crippen molar-refractivity contribution in [2.24, 2.45) is 17.8 Å². The minimum absolute atomic E-state index is 0.370. The Morgan fingerprint density at radius 1 is 0.912 bits per heavy atom. The molecule has 0 N–H and O–H groups in total. The molecule has 0 heterocycles. The van der Waals surface area contributed by atoms with Crippen molar-refractivity contribution in [3.8, 4) is 6.07 Å². The third-order valence-corrected chi connectivity index (χ3v) is 7.77. The largest absolute Gasteiger partial charge is 0.378 e. The first kappa shape index (κ1) is 26.8. The maximum Gasteiger partial charge on any atom is 0.144 e. The van der Waals surface area contributed by atoms with Crippen LogP contribution in [0.15, 0.2) is 24.8 Å². The summed E-state index contributed by atoms with van der Waals surface area (Å²) < 4.78 is 39.4. The van der Waals surface area contributed by atoms with Gasteiger partial charge in [-0.15, -0.1) is 6.58 Å². The maximum atomic E-state index is 13.8. The summed E-state index contributed by atoms with van der Waals surface area (Å²) in [6.45, 7) is 6.09. The SMILES string of the molecule is C=CCOCCCCC1CCC(COC2CCC(CCc3cc(F)c(C#N)c(F)c3)CC2)CC1. The van der Waals surface area contributed by atoms with Crippen molar-refractivity contribution in [1.82, 2.24) is 0 Å². The molecule has 5 heteroatoms. The number of hydrogen-bond donors (Lipinski definition) is 0. The van der Waals surface area contributed by atoms with E-state index in [1.54, 1.807) is 12.1 Å². The lowest BCUT2D eigenvalue weighted by Gasteiger charge is -2.32. The van der Waals surface area contributed by atoms with E-state index in [1.807, 2.05) is 0 Å². The predicted octanol–water partition coefficient (Wildman–Crippen LogP) is 7.52. The molecular formula is C29H41F2NO2. The van der Waals surface area contributed by atoms with E-state index in [0.29, 0.717) is 36.5 Å². The lowest BCUT2D eigenvalue weighted by Crippen LogP contribution is -2.26. The Kier molecular flexibility index (Phi) is 11.5. The second-order valence-electron chi connectivity index (χ2n) is 10.3. The van der Waals surface area contributed by atoms with Crippen LogP contribution in [0.1, 0.15) is 88.2 Å². The molecule has 2 aliphatic rings. The quantitative estimate of drug-likeness (QED) is 0.220. The van der Waals surface area contributed by atoms with Gasteiger partial charge in [0.25, 0.3) is 0 Å². The highest BCUT2D eigenvalue weighted by molar-refractivity contribution is 5.35. The van der Waals surface area contributed by atoms with Gasteiger partial charge in [-0.1, -0.05) is 31.8 Å². The zero-order valence-electron chi connectivity index (χ0n) is 20.6. The fourth-order valence-electron chi connectivity index (χ4n) is 5.60. The van der Waals surface area contributed by atoms with Gasteiger partial charge in [-0.3, -0.25) is 0 Å². The van der Waals surface area contributed by atoms with Crippen LogP contribution in [0.3, 0.4) is 0 Å². The topological polar surface area (TPSA) is 42.2 Å². The normalized spacial score (nSPS) is 25.1. The van der Waals surface area contributed by atoms with Crippen molar-refractivity contribution in [3.63, 3.8) is 0 Å². The lowest BCUT2D eigenvalue weighted by molar-refractivity contribution is -0.0103. The Hall–Kier alpha value is -1.77. The summed E-state index contributed by atoms with van der Waals surface area (Å²) in [5, 5.41) is 8.80. The third-order valence-electron chi connectivity index (χ3n) is 7.77. The fourth-order valence-corrected chi connectivity index (χ4v) is 5.60. The van der Waals surface area contributed by atoms with E-state index in [-0.39, 0.29) is 0 Å². The number of nitriles is 1. The lowest BCUT2D eigenvalue weighted by atomic mass is 9.80. The second kappa shape index (κ2) is 14.6. The number of nitrogens with zero attached hydrogens (tertiary/aromatic N) is 1. The van der Waals surface area contributed by atoms with Crippen LogP contribution in [-0.4, -0.2) is 25.9 Å². The van der Waals surface area contributed by atoms with Gasteiger partial charge in [-0.2, -0.15) is 5.26 Å². The number of hydrogen-bond acceptors (Lipinski definition) is 3. The van der Waals surface area contributed by atoms with Crippen LogP contribution >= 0.6 is 0 Å². The van der Waals surface area contributed by atoms with Gasteiger partial charge in [0.05, 0.1) is 12.7 Å². The maximum absolute atomic E-state index is 13.8. The number of unbranched alkanes of at least 4 members (excludes halogenated alkanes) is 1. The van der Waals surface area contributed by atoms with Gasteiger partial charge in [0, 0.05) is 13.2 Å². The van der Waals surface area contributed by atoms with Gasteiger partial charge in [0.2, 0.25) is 0 Å². The molecule has 3 rings (SSSR count). The molecule has 2 fully saturated rings. The van der Waals surface area contributed by atoms with Gasteiger partial charge < -0.3 is 9.47 Å². The molecule has 3 nitrogen and oxygen atoms in total. The molecule has 0 amide bonds. The van der Waals surface area contributed by atoms with E-state index in [1.165, 1.54) is 50.7 Å². The van der Waals surface area contributed by atoms with E-state index in [0.717, 1.165) is 57.7 Å². The molecule has 0 aliphatic heterocycles. The summed E-state index contributed by atoms with van der Waals surface area (Å²) in [4.78, 5) is 0. The summed E-state index contributed by atoms with van der Waals surface area (Å²) >= 11 is 0. The van der Waals surface area contributed by atoms with E-state index in [9.17, 15) is 8.78 Å². The Morgan fingerprint density at radius 2 is 1.53 bits per heavy atom. The van der Waals surface area contributed by atoms with Crippen molar-refractivity contribution in [1.29, 1.82) is 5.26 Å². The second-order valence-corrected chi connectivity index (χ2v) is 10.3. The molecule has 0 spiro atoms. The van der Waals surface area contributed by atoms with Crippen molar-refractivity contribution in [2.75, 3.05) is 19.8 Å². The van der Waals surface area contributed by atoms with E-state index >= 15 is 0 Å². The van der Waals surface area contributed by atoms with Crippen LogP contribution in [-0.2, 0) is 15.9 Å². The first-order chi connectivity index (χ1) is 16.6. The van der Waals surface area contributed by atoms with Gasteiger partial charge >= 0.3 is 0 Å². The first-order valence-electron chi connectivity index (χ1n) is 13.3. The molecule has 34 heavy (non-hydrogen) atoms. The van der Waals surface area contributed by atoms with Crippen molar-refractivity contribution >= 4 is 0 Å². The number of rotatable bonds is 13. The number of aryl methyl sites for hydroxylation is 1. The Labute approximate surface area is 204 Å². The van der Waals surface area contributed by atoms with Gasteiger partial charge in [0.15, 0.2) is 0 Å². The molecule has 0 unspecified atom stereocenters. The number of benzene rings is 1. The number of ether oxygens (including phenoxy) is 2. The molecule has 0 radical (unpaired) electrons. The first-order valence-corrected chi connectivity index (χ1v) is 13.3. The highest BCUT2D eigenvalue weighted by atomic mass is 19.1. The average molecular weight is 474 g/mol. The van der Waals surface area contributed by atoms with Crippen molar-refractivity contribution < 1.29 is 18.3 Å². The Balaban J connectivity index is 1.24. The molecule has 2 aliphatic carbocycles. The minimum Gasteiger partial charge on any atom is -0.378 e. The zero-order valence-corrected chi connectivity index (χ0v) is 20.6. The highest BCUT2D eigenvalue weighted by Gasteiger charge is 2.25. The smallest absolute Gasteiger partial charge is 0.144 e. The molecule has 0 saturated heterocycles. The zero-order chi connectivity index (χ0) is 24.2. The van der Waals surface area contributed by atoms with Crippen LogP contribution < -0.4 is 0 Å². The number of halogens is 2. The predicted molar refractivity (Wildman–Crippen MR) is 131 cm³/mol. The molecular weight excluding hydrogens is 432 g/mol. The Bertz CT molecular complexity index is 767. The van der Waals surface area contributed by atoms with Crippen LogP contribution in [0.4, 0.5) is 8.78 Å². The third kappa shape index (κ3) is 8.78. The molecule has 2 saturated carbocycles. The van der Waals surface area contributed by atoms with E-state index in [2.05, 4.69) is 6.58 Å². The average Bonchev–Trinajstić information content (AvgIpc) is 2.85. The fraction of sp³-hybridized carbons (Fsp3) is 0.690. The molecule has 0 aromatic heterocycles. The summed E-state index contributed by atoms with van der Waals surface area (Å²) in [5.74, 6) is 0.671.